The van der Waals surface area contributed by atoms with Crippen LogP contribution < -0.4 is 11.1 Å². The summed E-state index contributed by atoms with van der Waals surface area (Å²) in [4.78, 5) is 12.1. The van der Waals surface area contributed by atoms with Gasteiger partial charge in [0.1, 0.15) is 5.82 Å². The highest BCUT2D eigenvalue weighted by Crippen LogP contribution is 2.12. The van der Waals surface area contributed by atoms with E-state index in [2.05, 4.69) is 5.32 Å². The molecule has 0 radical (unpaired) electrons. The van der Waals surface area contributed by atoms with Gasteiger partial charge in [-0.1, -0.05) is 32.9 Å². The van der Waals surface area contributed by atoms with Gasteiger partial charge < -0.3 is 11.1 Å². The zero-order valence-electron chi connectivity index (χ0n) is 12.6. The predicted octanol–water partition coefficient (Wildman–Crippen LogP) is 2.64. The maximum atomic E-state index is 13.1. The molecule has 20 heavy (non-hydrogen) atoms. The van der Waals surface area contributed by atoms with E-state index in [0.29, 0.717) is 13.0 Å². The first-order valence-corrected chi connectivity index (χ1v) is 7.21. The Morgan fingerprint density at radius 3 is 2.60 bits per heavy atom. The molecular weight excluding hydrogens is 255 g/mol. The highest BCUT2D eigenvalue weighted by Gasteiger charge is 2.22. The van der Waals surface area contributed by atoms with Gasteiger partial charge in [0, 0.05) is 18.0 Å². The molecule has 0 saturated carbocycles. The number of halogens is 1. The van der Waals surface area contributed by atoms with Crippen LogP contribution in [0.2, 0.25) is 0 Å². The van der Waals surface area contributed by atoms with Crippen LogP contribution in [0.15, 0.2) is 24.3 Å². The van der Waals surface area contributed by atoms with Gasteiger partial charge in [-0.15, -0.1) is 0 Å². The number of rotatable bonds is 7. The summed E-state index contributed by atoms with van der Waals surface area (Å²) in [6.45, 7) is 6.36. The maximum Gasteiger partial charge on any atom is 0.223 e. The van der Waals surface area contributed by atoms with E-state index in [1.165, 1.54) is 12.1 Å². The van der Waals surface area contributed by atoms with Gasteiger partial charge in [0.2, 0.25) is 5.91 Å². The topological polar surface area (TPSA) is 55.1 Å². The SMILES string of the molecule is CCC(N)(CC)CNC(=O)C(C)Cc1cccc(F)c1. The molecule has 1 aromatic carbocycles. The van der Waals surface area contributed by atoms with Gasteiger partial charge in [-0.3, -0.25) is 4.79 Å². The number of nitrogens with two attached hydrogens (primary N) is 1. The Bertz CT molecular complexity index is 444. The van der Waals surface area contributed by atoms with Crippen molar-refractivity contribution in [2.75, 3.05) is 6.54 Å². The predicted molar refractivity (Wildman–Crippen MR) is 79.8 cm³/mol. The van der Waals surface area contributed by atoms with Crippen molar-refractivity contribution in [1.29, 1.82) is 0 Å². The molecule has 0 saturated heterocycles. The van der Waals surface area contributed by atoms with Gasteiger partial charge in [-0.05, 0) is 37.0 Å². The van der Waals surface area contributed by atoms with Gasteiger partial charge in [-0.2, -0.15) is 0 Å². The highest BCUT2D eigenvalue weighted by atomic mass is 19.1. The molecule has 0 aliphatic heterocycles. The van der Waals surface area contributed by atoms with E-state index in [9.17, 15) is 9.18 Å². The fraction of sp³-hybridized carbons (Fsp3) is 0.562. The van der Waals surface area contributed by atoms with Crippen LogP contribution in [-0.4, -0.2) is 18.0 Å². The average molecular weight is 280 g/mol. The molecule has 1 amide bonds. The minimum atomic E-state index is -0.339. The van der Waals surface area contributed by atoms with Gasteiger partial charge >= 0.3 is 0 Å². The van der Waals surface area contributed by atoms with Crippen molar-refractivity contribution in [3.05, 3.63) is 35.6 Å². The number of carbonyl (C=O) groups is 1. The van der Waals surface area contributed by atoms with Gasteiger partial charge in [-0.25, -0.2) is 4.39 Å². The van der Waals surface area contributed by atoms with Crippen LogP contribution in [0.3, 0.4) is 0 Å². The smallest absolute Gasteiger partial charge is 0.223 e. The molecule has 1 aromatic rings. The molecule has 1 unspecified atom stereocenters. The van der Waals surface area contributed by atoms with Crippen LogP contribution in [0, 0.1) is 11.7 Å². The van der Waals surface area contributed by atoms with E-state index in [4.69, 9.17) is 5.73 Å². The lowest BCUT2D eigenvalue weighted by molar-refractivity contribution is -0.124. The summed E-state index contributed by atoms with van der Waals surface area (Å²) in [5.41, 5.74) is 6.65. The second-order valence-electron chi connectivity index (χ2n) is 5.52. The number of hydrogen-bond donors (Lipinski definition) is 2. The van der Waals surface area contributed by atoms with Crippen LogP contribution in [0.1, 0.15) is 39.2 Å². The van der Waals surface area contributed by atoms with E-state index in [-0.39, 0.29) is 23.2 Å². The minimum absolute atomic E-state index is 0.0361. The second-order valence-corrected chi connectivity index (χ2v) is 5.52. The van der Waals surface area contributed by atoms with E-state index >= 15 is 0 Å². The lowest BCUT2D eigenvalue weighted by Gasteiger charge is -2.27. The summed E-state index contributed by atoms with van der Waals surface area (Å²) < 4.78 is 13.1. The molecule has 4 heteroatoms. The minimum Gasteiger partial charge on any atom is -0.354 e. The molecule has 0 aliphatic carbocycles. The number of amides is 1. The second kappa shape index (κ2) is 7.39. The standard InChI is InChI=1S/C16H25FN2O/c1-4-16(18,5-2)11-19-15(20)12(3)9-13-7-6-8-14(17)10-13/h6-8,10,12H,4-5,9,11,18H2,1-3H3,(H,19,20). The van der Waals surface area contributed by atoms with Crippen LogP contribution in [0.4, 0.5) is 4.39 Å². The zero-order valence-corrected chi connectivity index (χ0v) is 12.6. The van der Waals surface area contributed by atoms with E-state index in [1.54, 1.807) is 6.07 Å². The first-order chi connectivity index (χ1) is 9.40. The Balaban J connectivity index is 2.51. The Hall–Kier alpha value is -1.42. The van der Waals surface area contributed by atoms with Crippen LogP contribution in [0.25, 0.3) is 0 Å². The first kappa shape index (κ1) is 16.6. The molecule has 0 fully saturated rings. The molecule has 3 nitrogen and oxygen atoms in total. The monoisotopic (exact) mass is 280 g/mol. The molecular formula is C16H25FN2O. The lowest BCUT2D eigenvalue weighted by Crippen LogP contribution is -2.50. The molecule has 0 bridgehead atoms. The molecule has 0 aromatic heterocycles. The Morgan fingerprint density at radius 2 is 2.05 bits per heavy atom. The molecule has 1 rings (SSSR count). The number of nitrogens with one attached hydrogen (secondary N) is 1. The summed E-state index contributed by atoms with van der Waals surface area (Å²) in [5, 5.41) is 2.90. The summed E-state index contributed by atoms with van der Waals surface area (Å²) in [7, 11) is 0. The van der Waals surface area contributed by atoms with Crippen molar-refractivity contribution in [2.45, 2.75) is 45.6 Å². The summed E-state index contributed by atoms with van der Waals surface area (Å²) in [6, 6.07) is 6.36. The average Bonchev–Trinajstić information content (AvgIpc) is 2.44. The van der Waals surface area contributed by atoms with Gasteiger partial charge in [0.05, 0.1) is 0 Å². The quantitative estimate of drug-likeness (QED) is 0.806. The third-order valence-corrected chi connectivity index (χ3v) is 3.90. The van der Waals surface area contributed by atoms with Crippen LogP contribution in [0.5, 0.6) is 0 Å². The van der Waals surface area contributed by atoms with Crippen molar-refractivity contribution >= 4 is 5.91 Å². The van der Waals surface area contributed by atoms with E-state index < -0.39 is 0 Å². The summed E-state index contributed by atoms with van der Waals surface area (Å²) >= 11 is 0. The Kier molecular flexibility index (Phi) is 6.14. The molecule has 1 atom stereocenters. The Labute approximate surface area is 120 Å². The normalized spacial score (nSPS) is 13.1. The molecule has 112 valence electrons. The summed E-state index contributed by atoms with van der Waals surface area (Å²) in [5.74, 6) is -0.506. The number of benzene rings is 1. The largest absolute Gasteiger partial charge is 0.354 e. The Morgan fingerprint density at radius 1 is 1.40 bits per heavy atom. The lowest BCUT2D eigenvalue weighted by atomic mass is 9.93. The molecule has 3 N–H and O–H groups in total. The zero-order chi connectivity index (χ0) is 15.2. The van der Waals surface area contributed by atoms with Crippen LogP contribution >= 0.6 is 0 Å². The summed E-state index contributed by atoms with van der Waals surface area (Å²) in [6.07, 6.45) is 2.17. The maximum absolute atomic E-state index is 13.1. The van der Waals surface area contributed by atoms with E-state index in [0.717, 1.165) is 18.4 Å². The number of carbonyl (C=O) groups excluding carboxylic acids is 1. The van der Waals surface area contributed by atoms with Gasteiger partial charge in [0.15, 0.2) is 0 Å². The van der Waals surface area contributed by atoms with Crippen molar-refractivity contribution in [3.8, 4) is 0 Å². The molecule has 0 heterocycles. The van der Waals surface area contributed by atoms with Crippen molar-refractivity contribution in [2.24, 2.45) is 11.7 Å². The van der Waals surface area contributed by atoms with Crippen molar-refractivity contribution in [1.82, 2.24) is 5.32 Å². The van der Waals surface area contributed by atoms with Gasteiger partial charge in [0.25, 0.3) is 0 Å². The van der Waals surface area contributed by atoms with Crippen molar-refractivity contribution < 1.29 is 9.18 Å². The molecule has 0 spiro atoms. The fourth-order valence-electron chi connectivity index (χ4n) is 2.05. The fourth-order valence-corrected chi connectivity index (χ4v) is 2.05. The third kappa shape index (κ3) is 4.93. The first-order valence-electron chi connectivity index (χ1n) is 7.21. The molecule has 0 aliphatic rings. The number of hydrogen-bond acceptors (Lipinski definition) is 2. The highest BCUT2D eigenvalue weighted by molar-refractivity contribution is 5.78. The van der Waals surface area contributed by atoms with Crippen LogP contribution in [-0.2, 0) is 11.2 Å². The van der Waals surface area contributed by atoms with E-state index in [1.807, 2.05) is 26.8 Å². The van der Waals surface area contributed by atoms with Crippen molar-refractivity contribution in [3.63, 3.8) is 0 Å². The third-order valence-electron chi connectivity index (χ3n) is 3.90.